The lowest BCUT2D eigenvalue weighted by Gasteiger charge is -2.12. The lowest BCUT2D eigenvalue weighted by Crippen LogP contribution is -2.08. The van der Waals surface area contributed by atoms with Crippen LogP contribution in [0, 0.1) is 6.92 Å². The lowest BCUT2D eigenvalue weighted by molar-refractivity contribution is 0.188. The molecule has 19 heavy (non-hydrogen) atoms. The Kier molecular flexibility index (Phi) is 4.58. The quantitative estimate of drug-likeness (QED) is 0.866. The third kappa shape index (κ3) is 3.35. The van der Waals surface area contributed by atoms with Crippen LogP contribution in [0.2, 0.25) is 0 Å². The Morgan fingerprint density at radius 3 is 2.84 bits per heavy atom. The number of rotatable bonds is 6. The Balaban J connectivity index is 2.22. The van der Waals surface area contributed by atoms with Crippen molar-refractivity contribution in [3.05, 3.63) is 41.7 Å². The Labute approximate surface area is 114 Å². The van der Waals surface area contributed by atoms with Gasteiger partial charge < -0.3 is 14.6 Å². The predicted molar refractivity (Wildman–Crippen MR) is 77.9 cm³/mol. The molecule has 0 unspecified atom stereocenters. The van der Waals surface area contributed by atoms with E-state index in [4.69, 9.17) is 4.74 Å². The van der Waals surface area contributed by atoms with Crippen LogP contribution in [0.25, 0.3) is 0 Å². The van der Waals surface area contributed by atoms with E-state index in [2.05, 4.69) is 40.0 Å². The second-order valence-corrected chi connectivity index (χ2v) is 4.53. The first-order valence-electron chi connectivity index (χ1n) is 6.62. The zero-order valence-corrected chi connectivity index (χ0v) is 11.8. The zero-order valence-electron chi connectivity index (χ0n) is 11.8. The highest BCUT2D eigenvalue weighted by molar-refractivity contribution is 5.59. The first-order valence-corrected chi connectivity index (χ1v) is 6.62. The van der Waals surface area contributed by atoms with E-state index in [1.807, 2.05) is 19.2 Å². The van der Waals surface area contributed by atoms with E-state index in [-0.39, 0.29) is 0 Å². The number of aryl methyl sites for hydroxylation is 2. The van der Waals surface area contributed by atoms with Crippen molar-refractivity contribution >= 4 is 11.6 Å². The third-order valence-electron chi connectivity index (χ3n) is 3.08. The molecule has 0 spiro atoms. The summed E-state index contributed by atoms with van der Waals surface area (Å²) in [5.41, 5.74) is 3.42. The van der Waals surface area contributed by atoms with Crippen molar-refractivity contribution < 1.29 is 4.74 Å². The molecule has 1 aromatic carbocycles. The van der Waals surface area contributed by atoms with E-state index in [9.17, 15) is 0 Å². The summed E-state index contributed by atoms with van der Waals surface area (Å²) in [6, 6.07) is 8.32. The van der Waals surface area contributed by atoms with Crippen LogP contribution in [0.1, 0.15) is 18.2 Å². The number of ether oxygens (including phenoxy) is 1. The fraction of sp³-hybridized carbons (Fsp3) is 0.400. The molecule has 4 heteroatoms. The largest absolute Gasteiger partial charge is 0.383 e. The van der Waals surface area contributed by atoms with Crippen molar-refractivity contribution in [3.63, 3.8) is 0 Å². The van der Waals surface area contributed by atoms with Crippen molar-refractivity contribution in [1.82, 2.24) is 9.55 Å². The smallest absolute Gasteiger partial charge is 0.207 e. The molecule has 0 saturated heterocycles. The zero-order chi connectivity index (χ0) is 13.7. The molecular weight excluding hydrogens is 238 g/mol. The van der Waals surface area contributed by atoms with Gasteiger partial charge in [-0.05, 0) is 25.0 Å². The van der Waals surface area contributed by atoms with Crippen LogP contribution in [0.5, 0.6) is 0 Å². The molecule has 1 heterocycles. The van der Waals surface area contributed by atoms with Crippen LogP contribution >= 0.6 is 0 Å². The van der Waals surface area contributed by atoms with E-state index >= 15 is 0 Å². The van der Waals surface area contributed by atoms with Crippen LogP contribution in [-0.2, 0) is 17.7 Å². The molecule has 102 valence electrons. The third-order valence-corrected chi connectivity index (χ3v) is 3.08. The van der Waals surface area contributed by atoms with Gasteiger partial charge in [0.05, 0.1) is 12.3 Å². The fourth-order valence-corrected chi connectivity index (χ4v) is 2.08. The highest BCUT2D eigenvalue weighted by atomic mass is 16.5. The standard InChI is InChI=1S/C15H21N3O/c1-4-13-7-5-6-8-14(13)17-15-16-12(2)11-18(15)9-10-19-3/h5-8,11H,4,9-10H2,1-3H3,(H,16,17). The van der Waals surface area contributed by atoms with Gasteiger partial charge in [-0.15, -0.1) is 0 Å². The Morgan fingerprint density at radius 1 is 1.32 bits per heavy atom. The first kappa shape index (κ1) is 13.6. The van der Waals surface area contributed by atoms with Gasteiger partial charge in [0.25, 0.3) is 0 Å². The van der Waals surface area contributed by atoms with Gasteiger partial charge in [0.1, 0.15) is 0 Å². The number of para-hydroxylation sites is 1. The van der Waals surface area contributed by atoms with Crippen molar-refractivity contribution in [2.24, 2.45) is 0 Å². The molecule has 0 atom stereocenters. The Bertz CT molecular complexity index is 534. The van der Waals surface area contributed by atoms with Crippen LogP contribution in [-0.4, -0.2) is 23.3 Å². The summed E-state index contributed by atoms with van der Waals surface area (Å²) in [7, 11) is 1.71. The van der Waals surface area contributed by atoms with E-state index in [0.717, 1.165) is 30.3 Å². The van der Waals surface area contributed by atoms with Gasteiger partial charge in [-0.25, -0.2) is 4.98 Å². The molecular formula is C15H21N3O. The average molecular weight is 259 g/mol. The number of aromatic nitrogens is 2. The topological polar surface area (TPSA) is 39.1 Å². The molecule has 2 rings (SSSR count). The number of hydrogen-bond acceptors (Lipinski definition) is 3. The average Bonchev–Trinajstić information content (AvgIpc) is 2.77. The number of nitrogens with one attached hydrogen (secondary N) is 1. The summed E-state index contributed by atoms with van der Waals surface area (Å²) in [5.74, 6) is 0.871. The SMILES string of the molecule is CCc1ccccc1Nc1nc(C)cn1CCOC. The van der Waals surface area contributed by atoms with Crippen molar-refractivity contribution in [3.8, 4) is 0 Å². The minimum absolute atomic E-state index is 0.680. The van der Waals surface area contributed by atoms with Gasteiger partial charge in [-0.1, -0.05) is 25.1 Å². The molecule has 0 fully saturated rings. The van der Waals surface area contributed by atoms with Crippen LogP contribution in [0.4, 0.5) is 11.6 Å². The molecule has 1 N–H and O–H groups in total. The van der Waals surface area contributed by atoms with Crippen LogP contribution in [0.3, 0.4) is 0 Å². The highest BCUT2D eigenvalue weighted by Gasteiger charge is 2.07. The Morgan fingerprint density at radius 2 is 2.11 bits per heavy atom. The fourth-order valence-electron chi connectivity index (χ4n) is 2.08. The molecule has 0 radical (unpaired) electrons. The second kappa shape index (κ2) is 6.38. The Hall–Kier alpha value is -1.81. The monoisotopic (exact) mass is 259 g/mol. The first-order chi connectivity index (χ1) is 9.24. The van der Waals surface area contributed by atoms with Gasteiger partial charge in [0.2, 0.25) is 5.95 Å². The number of hydrogen-bond donors (Lipinski definition) is 1. The van der Waals surface area contributed by atoms with Crippen molar-refractivity contribution in [1.29, 1.82) is 0 Å². The summed E-state index contributed by atoms with van der Waals surface area (Å²) in [6.07, 6.45) is 3.04. The molecule has 0 aliphatic heterocycles. The summed E-state index contributed by atoms with van der Waals surface area (Å²) in [6.45, 7) is 5.64. The maximum absolute atomic E-state index is 5.13. The van der Waals surface area contributed by atoms with Crippen LogP contribution < -0.4 is 5.32 Å². The van der Waals surface area contributed by atoms with Gasteiger partial charge in [-0.2, -0.15) is 0 Å². The van der Waals surface area contributed by atoms with Gasteiger partial charge in [0, 0.05) is 25.5 Å². The van der Waals surface area contributed by atoms with Gasteiger partial charge >= 0.3 is 0 Å². The van der Waals surface area contributed by atoms with Crippen molar-refractivity contribution in [2.45, 2.75) is 26.8 Å². The van der Waals surface area contributed by atoms with E-state index in [1.54, 1.807) is 7.11 Å². The van der Waals surface area contributed by atoms with Gasteiger partial charge in [-0.3, -0.25) is 0 Å². The summed E-state index contributed by atoms with van der Waals surface area (Å²) >= 11 is 0. The number of benzene rings is 1. The maximum atomic E-state index is 5.13. The molecule has 4 nitrogen and oxygen atoms in total. The number of anilines is 2. The number of nitrogens with zero attached hydrogens (tertiary/aromatic N) is 2. The predicted octanol–water partition coefficient (Wildman–Crippen LogP) is 3.14. The van der Waals surface area contributed by atoms with E-state index in [0.29, 0.717) is 6.61 Å². The molecule has 2 aromatic rings. The maximum Gasteiger partial charge on any atom is 0.207 e. The van der Waals surface area contributed by atoms with Crippen molar-refractivity contribution in [2.75, 3.05) is 19.0 Å². The molecule has 1 aromatic heterocycles. The lowest BCUT2D eigenvalue weighted by atomic mass is 10.1. The molecule has 0 aliphatic carbocycles. The minimum Gasteiger partial charge on any atom is -0.383 e. The summed E-state index contributed by atoms with van der Waals surface area (Å²) in [4.78, 5) is 4.53. The molecule has 0 aliphatic rings. The number of methoxy groups -OCH3 is 1. The molecule has 0 bridgehead atoms. The molecule has 0 saturated carbocycles. The normalized spacial score (nSPS) is 10.7. The van der Waals surface area contributed by atoms with E-state index in [1.165, 1.54) is 5.56 Å². The molecule has 0 amide bonds. The number of imidazole rings is 1. The second-order valence-electron chi connectivity index (χ2n) is 4.53. The summed E-state index contributed by atoms with van der Waals surface area (Å²) < 4.78 is 7.22. The van der Waals surface area contributed by atoms with Gasteiger partial charge in [0.15, 0.2) is 0 Å². The summed E-state index contributed by atoms with van der Waals surface area (Å²) in [5, 5.41) is 3.42. The van der Waals surface area contributed by atoms with E-state index < -0.39 is 0 Å². The van der Waals surface area contributed by atoms with Crippen LogP contribution in [0.15, 0.2) is 30.5 Å². The minimum atomic E-state index is 0.680. The highest BCUT2D eigenvalue weighted by Crippen LogP contribution is 2.21.